The van der Waals surface area contributed by atoms with Gasteiger partial charge in [0.05, 0.1) is 0 Å². The zero-order valence-corrected chi connectivity index (χ0v) is 16.7. The molecule has 0 radical (unpaired) electrons. The highest BCUT2D eigenvalue weighted by molar-refractivity contribution is 5.84. The quantitative estimate of drug-likeness (QED) is 0.365. The van der Waals surface area contributed by atoms with Crippen LogP contribution < -0.4 is 10.6 Å². The van der Waals surface area contributed by atoms with E-state index in [4.69, 9.17) is 4.74 Å². The van der Waals surface area contributed by atoms with Crippen LogP contribution in [0.5, 0.6) is 0 Å². The fourth-order valence-corrected chi connectivity index (χ4v) is 2.72. The summed E-state index contributed by atoms with van der Waals surface area (Å²) in [6.45, 7) is 11.1. The molecule has 1 amide bonds. The topological polar surface area (TPSA) is 69.2 Å². The zero-order chi connectivity index (χ0) is 18.7. The molecule has 1 fully saturated rings. The minimum Gasteiger partial charge on any atom is -0.382 e. The number of nitrogens with zero attached hydrogens (tertiary/aromatic N) is 3. The second-order valence-electron chi connectivity index (χ2n) is 6.98. The number of rotatable bonds is 9. The molecule has 25 heavy (non-hydrogen) atoms. The lowest BCUT2D eigenvalue weighted by molar-refractivity contribution is -0.127. The number of piperidine rings is 1. The number of carbonyl (C=O) groups is 1. The highest BCUT2D eigenvalue weighted by atomic mass is 16.5. The van der Waals surface area contributed by atoms with Crippen molar-refractivity contribution in [2.24, 2.45) is 4.99 Å². The Morgan fingerprint density at radius 3 is 2.56 bits per heavy atom. The largest absolute Gasteiger partial charge is 0.382 e. The molecule has 0 aliphatic carbocycles. The Bertz CT molecular complexity index is 404. The summed E-state index contributed by atoms with van der Waals surface area (Å²) >= 11 is 0. The first-order chi connectivity index (χ1) is 11.9. The molecule has 1 aliphatic rings. The first kappa shape index (κ1) is 21.7. The van der Waals surface area contributed by atoms with Crippen molar-refractivity contribution < 1.29 is 9.53 Å². The highest BCUT2D eigenvalue weighted by Crippen LogP contribution is 2.12. The van der Waals surface area contributed by atoms with Crippen LogP contribution >= 0.6 is 0 Å². The van der Waals surface area contributed by atoms with Gasteiger partial charge < -0.3 is 25.2 Å². The minimum absolute atomic E-state index is 0.00467. The average molecular weight is 356 g/mol. The number of likely N-dealkylation sites (tertiary alicyclic amines) is 1. The second kappa shape index (κ2) is 12.1. The van der Waals surface area contributed by atoms with Gasteiger partial charge in [0, 0.05) is 59.0 Å². The summed E-state index contributed by atoms with van der Waals surface area (Å²) < 4.78 is 5.36. The van der Waals surface area contributed by atoms with Gasteiger partial charge in [-0.1, -0.05) is 0 Å². The summed E-state index contributed by atoms with van der Waals surface area (Å²) in [5.74, 6) is 0.736. The molecule has 0 atom stereocenters. The van der Waals surface area contributed by atoms with E-state index in [-0.39, 0.29) is 12.5 Å². The number of carbonyl (C=O) groups excluding carboxylic acids is 1. The normalized spacial score (nSPS) is 17.0. The van der Waals surface area contributed by atoms with Gasteiger partial charge in [-0.3, -0.25) is 4.79 Å². The third-order valence-electron chi connectivity index (χ3n) is 4.43. The molecule has 1 aliphatic heterocycles. The number of guanidine groups is 1. The summed E-state index contributed by atoms with van der Waals surface area (Å²) in [6, 6.07) is 1.01. The van der Waals surface area contributed by atoms with E-state index >= 15 is 0 Å². The third kappa shape index (κ3) is 9.07. The molecular formula is C18H37N5O2. The average Bonchev–Trinajstić information content (AvgIpc) is 2.59. The molecule has 1 rings (SSSR count). The SMILES string of the molecule is CCOCCCNC(=NCC(=O)N(C)C)NC1CCN(C(C)C)CC1. The summed E-state index contributed by atoms with van der Waals surface area (Å²) in [6.07, 6.45) is 3.11. The lowest BCUT2D eigenvalue weighted by Gasteiger charge is -2.35. The first-order valence-electron chi connectivity index (χ1n) is 9.50. The van der Waals surface area contributed by atoms with Gasteiger partial charge in [-0.2, -0.15) is 0 Å². The molecule has 2 N–H and O–H groups in total. The van der Waals surface area contributed by atoms with E-state index in [1.165, 1.54) is 0 Å². The Labute approximate surface area is 153 Å². The fourth-order valence-electron chi connectivity index (χ4n) is 2.72. The van der Waals surface area contributed by atoms with Crippen LogP contribution in [0.2, 0.25) is 0 Å². The molecule has 0 unspecified atom stereocenters. The fraction of sp³-hybridized carbons (Fsp3) is 0.889. The predicted octanol–water partition coefficient (Wildman–Crippen LogP) is 0.909. The second-order valence-corrected chi connectivity index (χ2v) is 6.98. The van der Waals surface area contributed by atoms with Crippen LogP contribution in [0.15, 0.2) is 4.99 Å². The van der Waals surface area contributed by atoms with Crippen molar-refractivity contribution in [3.8, 4) is 0 Å². The first-order valence-corrected chi connectivity index (χ1v) is 9.50. The van der Waals surface area contributed by atoms with E-state index in [9.17, 15) is 4.79 Å². The minimum atomic E-state index is 0.00467. The van der Waals surface area contributed by atoms with Crippen LogP contribution in [-0.2, 0) is 9.53 Å². The lowest BCUT2D eigenvalue weighted by Crippen LogP contribution is -2.50. The standard InChI is InChI=1S/C18H37N5O2/c1-6-25-13-7-10-19-18(20-14-17(24)22(4)5)21-16-8-11-23(12-9-16)15(2)3/h15-16H,6-14H2,1-5H3,(H2,19,20,21). The van der Waals surface area contributed by atoms with E-state index in [1.807, 2.05) is 6.92 Å². The Morgan fingerprint density at radius 1 is 1.32 bits per heavy atom. The molecule has 7 nitrogen and oxygen atoms in total. The molecule has 0 aromatic heterocycles. The molecule has 0 saturated carbocycles. The van der Waals surface area contributed by atoms with Crippen molar-refractivity contribution in [3.63, 3.8) is 0 Å². The van der Waals surface area contributed by atoms with E-state index in [1.54, 1.807) is 19.0 Å². The summed E-state index contributed by atoms with van der Waals surface area (Å²) in [4.78, 5) is 20.3. The maximum Gasteiger partial charge on any atom is 0.243 e. The van der Waals surface area contributed by atoms with Crippen LogP contribution in [0, 0.1) is 0 Å². The zero-order valence-electron chi connectivity index (χ0n) is 16.7. The smallest absolute Gasteiger partial charge is 0.243 e. The monoisotopic (exact) mass is 355 g/mol. The number of aliphatic imine (C=N–C) groups is 1. The predicted molar refractivity (Wildman–Crippen MR) is 103 cm³/mol. The van der Waals surface area contributed by atoms with Gasteiger partial charge in [-0.15, -0.1) is 0 Å². The molecule has 0 spiro atoms. The van der Waals surface area contributed by atoms with Crippen molar-refractivity contribution in [3.05, 3.63) is 0 Å². The number of nitrogens with one attached hydrogen (secondary N) is 2. The van der Waals surface area contributed by atoms with E-state index in [2.05, 4.69) is 34.4 Å². The number of ether oxygens (including phenoxy) is 1. The molecule has 0 bridgehead atoms. The van der Waals surface area contributed by atoms with Gasteiger partial charge in [-0.05, 0) is 40.0 Å². The lowest BCUT2D eigenvalue weighted by atomic mass is 10.0. The molecule has 7 heteroatoms. The van der Waals surface area contributed by atoms with Crippen molar-refractivity contribution in [1.29, 1.82) is 0 Å². The Hall–Kier alpha value is -1.34. The molecule has 1 saturated heterocycles. The van der Waals surface area contributed by atoms with Gasteiger partial charge in [-0.25, -0.2) is 4.99 Å². The summed E-state index contributed by atoms with van der Waals surface area (Å²) in [7, 11) is 3.50. The van der Waals surface area contributed by atoms with Gasteiger partial charge in [0.25, 0.3) is 0 Å². The highest BCUT2D eigenvalue weighted by Gasteiger charge is 2.21. The Morgan fingerprint density at radius 2 is 2.00 bits per heavy atom. The summed E-state index contributed by atoms with van der Waals surface area (Å²) in [5.41, 5.74) is 0. The van der Waals surface area contributed by atoms with Crippen LogP contribution in [-0.4, -0.2) is 87.2 Å². The maximum absolute atomic E-state index is 11.8. The molecular weight excluding hydrogens is 318 g/mol. The van der Waals surface area contributed by atoms with Crippen LogP contribution in [0.25, 0.3) is 0 Å². The number of amides is 1. The third-order valence-corrected chi connectivity index (χ3v) is 4.43. The van der Waals surface area contributed by atoms with E-state index in [0.717, 1.165) is 58.1 Å². The van der Waals surface area contributed by atoms with E-state index < -0.39 is 0 Å². The number of likely N-dealkylation sites (N-methyl/N-ethyl adjacent to an activating group) is 1. The van der Waals surface area contributed by atoms with Gasteiger partial charge in [0.1, 0.15) is 6.54 Å². The van der Waals surface area contributed by atoms with Gasteiger partial charge in [0.2, 0.25) is 5.91 Å². The number of hydrogen-bond donors (Lipinski definition) is 2. The summed E-state index contributed by atoms with van der Waals surface area (Å²) in [5, 5.41) is 6.83. The molecule has 0 aromatic rings. The van der Waals surface area contributed by atoms with Crippen LogP contribution in [0.1, 0.15) is 40.0 Å². The Kier molecular flexibility index (Phi) is 10.5. The van der Waals surface area contributed by atoms with E-state index in [0.29, 0.717) is 12.1 Å². The number of hydrogen-bond acceptors (Lipinski definition) is 4. The van der Waals surface area contributed by atoms with Crippen LogP contribution in [0.3, 0.4) is 0 Å². The maximum atomic E-state index is 11.8. The van der Waals surface area contributed by atoms with Gasteiger partial charge >= 0.3 is 0 Å². The molecule has 0 aromatic carbocycles. The van der Waals surface area contributed by atoms with Crippen molar-refractivity contribution in [1.82, 2.24) is 20.4 Å². The van der Waals surface area contributed by atoms with Crippen molar-refractivity contribution in [2.45, 2.75) is 52.1 Å². The Balaban J connectivity index is 2.49. The van der Waals surface area contributed by atoms with Crippen molar-refractivity contribution >= 4 is 11.9 Å². The molecule has 1 heterocycles. The van der Waals surface area contributed by atoms with Crippen molar-refractivity contribution in [2.75, 3.05) is 53.5 Å². The molecule has 146 valence electrons. The van der Waals surface area contributed by atoms with Crippen LogP contribution in [0.4, 0.5) is 0 Å². The van der Waals surface area contributed by atoms with Gasteiger partial charge in [0.15, 0.2) is 5.96 Å².